The molecule has 0 aliphatic heterocycles. The standard InChI is InChI=1S/C16H26N2O2/c1-5-20-14-8-6-7-13(10-14)12(4)18-16(19)15(17)9-11(2)3/h6-8,10-12,15H,5,9,17H2,1-4H3,(H,18,19)/t12?,15-/m0/s1. The molecule has 112 valence electrons. The first-order valence-corrected chi connectivity index (χ1v) is 7.22. The van der Waals surface area contributed by atoms with Crippen LogP contribution in [0.3, 0.4) is 0 Å². The molecule has 1 unspecified atom stereocenters. The number of rotatable bonds is 7. The van der Waals surface area contributed by atoms with E-state index in [2.05, 4.69) is 19.2 Å². The molecule has 0 aliphatic rings. The SMILES string of the molecule is CCOc1cccc(C(C)NC(=O)[C@@H](N)CC(C)C)c1. The first kappa shape index (κ1) is 16.5. The Balaban J connectivity index is 2.63. The van der Waals surface area contributed by atoms with Gasteiger partial charge in [0.15, 0.2) is 0 Å². The van der Waals surface area contributed by atoms with Crippen molar-refractivity contribution in [2.45, 2.75) is 46.2 Å². The van der Waals surface area contributed by atoms with Crippen LogP contribution in [-0.4, -0.2) is 18.6 Å². The minimum Gasteiger partial charge on any atom is -0.494 e. The van der Waals surface area contributed by atoms with Crippen molar-refractivity contribution >= 4 is 5.91 Å². The molecule has 0 radical (unpaired) electrons. The Morgan fingerprint density at radius 3 is 2.65 bits per heavy atom. The minimum absolute atomic E-state index is 0.0823. The maximum atomic E-state index is 12.0. The predicted molar refractivity (Wildman–Crippen MR) is 81.6 cm³/mol. The Kier molecular flexibility index (Phi) is 6.52. The lowest BCUT2D eigenvalue weighted by Crippen LogP contribution is -2.42. The molecule has 2 atom stereocenters. The lowest BCUT2D eigenvalue weighted by Gasteiger charge is -2.19. The smallest absolute Gasteiger partial charge is 0.237 e. The summed E-state index contributed by atoms with van der Waals surface area (Å²) >= 11 is 0. The van der Waals surface area contributed by atoms with Gasteiger partial charge in [-0.15, -0.1) is 0 Å². The molecule has 1 aromatic carbocycles. The number of carbonyl (C=O) groups is 1. The maximum Gasteiger partial charge on any atom is 0.237 e. The molecule has 0 saturated carbocycles. The van der Waals surface area contributed by atoms with Crippen molar-refractivity contribution in [3.63, 3.8) is 0 Å². The van der Waals surface area contributed by atoms with E-state index in [9.17, 15) is 4.79 Å². The van der Waals surface area contributed by atoms with Gasteiger partial charge in [-0.25, -0.2) is 0 Å². The van der Waals surface area contributed by atoms with Gasteiger partial charge in [0.2, 0.25) is 5.91 Å². The number of amides is 1. The maximum absolute atomic E-state index is 12.0. The molecular weight excluding hydrogens is 252 g/mol. The van der Waals surface area contributed by atoms with Crippen LogP contribution < -0.4 is 15.8 Å². The normalized spacial score (nSPS) is 13.9. The second-order valence-corrected chi connectivity index (χ2v) is 5.47. The molecule has 1 aromatic rings. The Morgan fingerprint density at radius 1 is 1.35 bits per heavy atom. The number of carbonyl (C=O) groups excluding carboxylic acids is 1. The van der Waals surface area contributed by atoms with E-state index in [1.807, 2.05) is 38.1 Å². The molecule has 1 rings (SSSR count). The molecule has 3 N–H and O–H groups in total. The zero-order valence-electron chi connectivity index (χ0n) is 12.8. The first-order chi connectivity index (χ1) is 9.43. The van der Waals surface area contributed by atoms with Crippen molar-refractivity contribution in [2.75, 3.05) is 6.61 Å². The second kappa shape index (κ2) is 7.90. The van der Waals surface area contributed by atoms with Crippen LogP contribution in [0.25, 0.3) is 0 Å². The van der Waals surface area contributed by atoms with Gasteiger partial charge in [-0.3, -0.25) is 4.79 Å². The van der Waals surface area contributed by atoms with E-state index in [0.717, 1.165) is 11.3 Å². The predicted octanol–water partition coefficient (Wildman–Crippen LogP) is 2.64. The Hall–Kier alpha value is -1.55. The summed E-state index contributed by atoms with van der Waals surface area (Å²) < 4.78 is 5.46. The van der Waals surface area contributed by atoms with Gasteiger partial charge in [-0.05, 0) is 43.9 Å². The highest BCUT2D eigenvalue weighted by Crippen LogP contribution is 2.19. The van der Waals surface area contributed by atoms with Gasteiger partial charge in [0.1, 0.15) is 5.75 Å². The van der Waals surface area contributed by atoms with Crippen molar-refractivity contribution in [1.82, 2.24) is 5.32 Å². The topological polar surface area (TPSA) is 64.3 Å². The fraction of sp³-hybridized carbons (Fsp3) is 0.562. The van der Waals surface area contributed by atoms with Crippen LogP contribution >= 0.6 is 0 Å². The third kappa shape index (κ3) is 5.21. The van der Waals surface area contributed by atoms with Gasteiger partial charge in [0.05, 0.1) is 18.7 Å². The van der Waals surface area contributed by atoms with Crippen LogP contribution in [-0.2, 0) is 4.79 Å². The molecule has 0 spiro atoms. The first-order valence-electron chi connectivity index (χ1n) is 7.22. The van der Waals surface area contributed by atoms with Crippen molar-refractivity contribution in [3.8, 4) is 5.75 Å². The molecule has 0 saturated heterocycles. The molecule has 4 heteroatoms. The van der Waals surface area contributed by atoms with E-state index >= 15 is 0 Å². The van der Waals surface area contributed by atoms with Gasteiger partial charge in [0.25, 0.3) is 0 Å². The van der Waals surface area contributed by atoms with Crippen LogP contribution in [0.15, 0.2) is 24.3 Å². The number of ether oxygens (including phenoxy) is 1. The number of benzene rings is 1. The van der Waals surface area contributed by atoms with Crippen LogP contribution in [0.5, 0.6) is 5.75 Å². The fourth-order valence-electron chi connectivity index (χ4n) is 2.06. The van der Waals surface area contributed by atoms with E-state index in [4.69, 9.17) is 10.5 Å². The van der Waals surface area contributed by atoms with Crippen molar-refractivity contribution in [1.29, 1.82) is 0 Å². The molecule has 0 aromatic heterocycles. The van der Waals surface area contributed by atoms with Crippen LogP contribution in [0.1, 0.15) is 45.7 Å². The van der Waals surface area contributed by atoms with Crippen molar-refractivity contribution in [2.24, 2.45) is 11.7 Å². The summed E-state index contributed by atoms with van der Waals surface area (Å²) in [7, 11) is 0. The average molecular weight is 278 g/mol. The molecule has 0 heterocycles. The summed E-state index contributed by atoms with van der Waals surface area (Å²) in [6.07, 6.45) is 0.692. The van der Waals surface area contributed by atoms with E-state index in [1.54, 1.807) is 0 Å². The summed E-state index contributed by atoms with van der Waals surface area (Å²) in [5.41, 5.74) is 6.90. The highest BCUT2D eigenvalue weighted by molar-refractivity contribution is 5.81. The summed E-state index contributed by atoms with van der Waals surface area (Å²) in [6.45, 7) is 8.64. The van der Waals surface area contributed by atoms with E-state index in [-0.39, 0.29) is 11.9 Å². The number of nitrogens with one attached hydrogen (secondary N) is 1. The van der Waals surface area contributed by atoms with Crippen LogP contribution in [0.4, 0.5) is 0 Å². The zero-order valence-corrected chi connectivity index (χ0v) is 12.8. The molecule has 20 heavy (non-hydrogen) atoms. The lowest BCUT2D eigenvalue weighted by molar-refractivity contribution is -0.123. The second-order valence-electron chi connectivity index (χ2n) is 5.47. The third-order valence-electron chi connectivity index (χ3n) is 3.09. The van der Waals surface area contributed by atoms with E-state index in [1.165, 1.54) is 0 Å². The molecular formula is C16H26N2O2. The minimum atomic E-state index is -0.451. The average Bonchev–Trinajstić information content (AvgIpc) is 2.38. The third-order valence-corrected chi connectivity index (χ3v) is 3.09. The summed E-state index contributed by atoms with van der Waals surface area (Å²) in [4.78, 5) is 12.0. The molecule has 0 bridgehead atoms. The summed E-state index contributed by atoms with van der Waals surface area (Å²) in [6, 6.07) is 7.22. The van der Waals surface area contributed by atoms with Crippen molar-refractivity contribution in [3.05, 3.63) is 29.8 Å². The molecule has 0 fully saturated rings. The van der Waals surface area contributed by atoms with Gasteiger partial charge in [0, 0.05) is 0 Å². The highest BCUT2D eigenvalue weighted by atomic mass is 16.5. The number of hydrogen-bond donors (Lipinski definition) is 2. The van der Waals surface area contributed by atoms with Crippen LogP contribution in [0.2, 0.25) is 0 Å². The highest BCUT2D eigenvalue weighted by Gasteiger charge is 2.17. The Labute approximate surface area is 121 Å². The zero-order chi connectivity index (χ0) is 15.1. The summed E-state index contributed by atoms with van der Waals surface area (Å²) in [5.74, 6) is 1.12. The quantitative estimate of drug-likeness (QED) is 0.806. The summed E-state index contributed by atoms with van der Waals surface area (Å²) in [5, 5.41) is 2.95. The van der Waals surface area contributed by atoms with Gasteiger partial charge in [-0.2, -0.15) is 0 Å². The van der Waals surface area contributed by atoms with Gasteiger partial charge >= 0.3 is 0 Å². The van der Waals surface area contributed by atoms with Crippen molar-refractivity contribution < 1.29 is 9.53 Å². The lowest BCUT2D eigenvalue weighted by atomic mass is 10.0. The van der Waals surface area contributed by atoms with Gasteiger partial charge < -0.3 is 15.8 Å². The van der Waals surface area contributed by atoms with E-state index in [0.29, 0.717) is 18.9 Å². The molecule has 0 aliphatic carbocycles. The van der Waals surface area contributed by atoms with Gasteiger partial charge in [-0.1, -0.05) is 26.0 Å². The van der Waals surface area contributed by atoms with E-state index < -0.39 is 6.04 Å². The Morgan fingerprint density at radius 2 is 2.05 bits per heavy atom. The molecule has 4 nitrogen and oxygen atoms in total. The largest absolute Gasteiger partial charge is 0.494 e. The monoisotopic (exact) mass is 278 g/mol. The van der Waals surface area contributed by atoms with Crippen LogP contribution in [0, 0.1) is 5.92 Å². The molecule has 1 amide bonds. The Bertz CT molecular complexity index is 432. The number of hydrogen-bond acceptors (Lipinski definition) is 3. The fourth-order valence-corrected chi connectivity index (χ4v) is 2.06. The number of nitrogens with two attached hydrogens (primary N) is 1.